The van der Waals surface area contributed by atoms with Crippen molar-refractivity contribution in [2.24, 2.45) is 5.73 Å². The summed E-state index contributed by atoms with van der Waals surface area (Å²) in [4.78, 5) is 0. The Kier molecular flexibility index (Phi) is 7.09. The van der Waals surface area contributed by atoms with E-state index in [1.165, 1.54) is 0 Å². The third-order valence-electron chi connectivity index (χ3n) is 2.73. The SMILES string of the molecule is CCOCCOc1c(Cl)cccc1CC(N)CC. The van der Waals surface area contributed by atoms with E-state index in [1.807, 2.05) is 25.1 Å². The predicted molar refractivity (Wildman–Crippen MR) is 75.4 cm³/mol. The Morgan fingerprint density at radius 1 is 1.28 bits per heavy atom. The van der Waals surface area contributed by atoms with Gasteiger partial charge in [0.05, 0.1) is 11.6 Å². The smallest absolute Gasteiger partial charge is 0.141 e. The highest BCUT2D eigenvalue weighted by molar-refractivity contribution is 6.32. The van der Waals surface area contributed by atoms with Crippen molar-refractivity contribution in [3.63, 3.8) is 0 Å². The summed E-state index contributed by atoms with van der Waals surface area (Å²) in [6.07, 6.45) is 1.71. The summed E-state index contributed by atoms with van der Waals surface area (Å²) in [6.45, 7) is 5.80. The molecule has 1 unspecified atom stereocenters. The normalized spacial score (nSPS) is 12.4. The summed E-state index contributed by atoms with van der Waals surface area (Å²) in [7, 11) is 0. The summed E-state index contributed by atoms with van der Waals surface area (Å²) in [5, 5.41) is 0.632. The van der Waals surface area contributed by atoms with Crippen LogP contribution in [0.25, 0.3) is 0 Å². The number of ether oxygens (including phenoxy) is 2. The molecule has 2 N–H and O–H groups in total. The topological polar surface area (TPSA) is 44.5 Å². The second-order valence-corrected chi connectivity index (χ2v) is 4.55. The average molecular weight is 272 g/mol. The lowest BCUT2D eigenvalue weighted by Crippen LogP contribution is -2.22. The van der Waals surface area contributed by atoms with Crippen molar-refractivity contribution < 1.29 is 9.47 Å². The van der Waals surface area contributed by atoms with Crippen LogP contribution in [0.2, 0.25) is 5.02 Å². The summed E-state index contributed by atoms with van der Waals surface area (Å²) in [6, 6.07) is 5.91. The number of hydrogen-bond donors (Lipinski definition) is 1. The molecule has 102 valence electrons. The minimum absolute atomic E-state index is 0.137. The molecule has 0 aliphatic rings. The van der Waals surface area contributed by atoms with E-state index in [1.54, 1.807) is 0 Å². The molecule has 0 amide bonds. The molecule has 0 bridgehead atoms. The Hall–Kier alpha value is -0.770. The quantitative estimate of drug-likeness (QED) is 0.739. The van der Waals surface area contributed by atoms with E-state index in [2.05, 4.69) is 6.92 Å². The maximum absolute atomic E-state index is 6.16. The summed E-state index contributed by atoms with van der Waals surface area (Å²) < 4.78 is 10.9. The lowest BCUT2D eigenvalue weighted by Gasteiger charge is -2.15. The van der Waals surface area contributed by atoms with Crippen molar-refractivity contribution in [1.82, 2.24) is 0 Å². The lowest BCUT2D eigenvalue weighted by molar-refractivity contribution is 0.110. The first-order chi connectivity index (χ1) is 8.69. The van der Waals surface area contributed by atoms with Crippen molar-refractivity contribution in [2.75, 3.05) is 19.8 Å². The molecule has 0 fully saturated rings. The predicted octanol–water partition coefficient (Wildman–Crippen LogP) is 3.04. The van der Waals surface area contributed by atoms with Crippen molar-refractivity contribution in [3.8, 4) is 5.75 Å². The van der Waals surface area contributed by atoms with Crippen LogP contribution in [0, 0.1) is 0 Å². The molecule has 4 heteroatoms. The zero-order chi connectivity index (χ0) is 13.4. The molecule has 0 heterocycles. The highest BCUT2D eigenvalue weighted by atomic mass is 35.5. The number of halogens is 1. The second-order valence-electron chi connectivity index (χ2n) is 4.15. The molecular weight excluding hydrogens is 250 g/mol. The average Bonchev–Trinajstić information content (AvgIpc) is 2.37. The molecule has 18 heavy (non-hydrogen) atoms. The highest BCUT2D eigenvalue weighted by Crippen LogP contribution is 2.29. The molecule has 0 saturated carbocycles. The van der Waals surface area contributed by atoms with Crippen LogP contribution < -0.4 is 10.5 Å². The third kappa shape index (κ3) is 4.84. The fourth-order valence-corrected chi connectivity index (χ4v) is 1.90. The van der Waals surface area contributed by atoms with Crippen LogP contribution in [-0.2, 0) is 11.2 Å². The van der Waals surface area contributed by atoms with E-state index in [9.17, 15) is 0 Å². The van der Waals surface area contributed by atoms with Gasteiger partial charge in [-0.1, -0.05) is 30.7 Å². The number of rotatable bonds is 8. The zero-order valence-corrected chi connectivity index (χ0v) is 11.9. The molecular formula is C14H22ClNO2. The Morgan fingerprint density at radius 2 is 2.06 bits per heavy atom. The zero-order valence-electron chi connectivity index (χ0n) is 11.1. The molecule has 0 aromatic heterocycles. The van der Waals surface area contributed by atoms with Crippen molar-refractivity contribution in [2.45, 2.75) is 32.7 Å². The fourth-order valence-electron chi connectivity index (χ4n) is 1.65. The van der Waals surface area contributed by atoms with Gasteiger partial charge in [0, 0.05) is 12.6 Å². The minimum atomic E-state index is 0.137. The number of nitrogens with two attached hydrogens (primary N) is 1. The molecule has 0 saturated heterocycles. The molecule has 1 aromatic rings. The molecule has 3 nitrogen and oxygen atoms in total. The summed E-state index contributed by atoms with van der Waals surface area (Å²) >= 11 is 6.16. The van der Waals surface area contributed by atoms with Crippen molar-refractivity contribution in [3.05, 3.63) is 28.8 Å². The van der Waals surface area contributed by atoms with Crippen LogP contribution in [-0.4, -0.2) is 25.9 Å². The fraction of sp³-hybridized carbons (Fsp3) is 0.571. The molecule has 0 radical (unpaired) electrons. The van der Waals surface area contributed by atoms with Gasteiger partial charge in [-0.05, 0) is 31.4 Å². The van der Waals surface area contributed by atoms with E-state index in [0.29, 0.717) is 24.8 Å². The first-order valence-corrected chi connectivity index (χ1v) is 6.80. The van der Waals surface area contributed by atoms with Gasteiger partial charge in [0.25, 0.3) is 0 Å². The standard InChI is InChI=1S/C14H22ClNO2/c1-3-12(16)10-11-6-5-7-13(15)14(11)18-9-8-17-4-2/h5-7,12H,3-4,8-10,16H2,1-2H3. The van der Waals surface area contributed by atoms with Gasteiger partial charge in [0.2, 0.25) is 0 Å². The molecule has 1 aromatic carbocycles. The van der Waals surface area contributed by atoms with E-state index in [4.69, 9.17) is 26.8 Å². The lowest BCUT2D eigenvalue weighted by atomic mass is 10.0. The summed E-state index contributed by atoms with van der Waals surface area (Å²) in [5.74, 6) is 0.739. The van der Waals surface area contributed by atoms with Crippen LogP contribution >= 0.6 is 11.6 Å². The number of para-hydroxylation sites is 1. The van der Waals surface area contributed by atoms with Gasteiger partial charge < -0.3 is 15.2 Å². The largest absolute Gasteiger partial charge is 0.489 e. The third-order valence-corrected chi connectivity index (χ3v) is 3.03. The van der Waals surface area contributed by atoms with Gasteiger partial charge in [-0.3, -0.25) is 0 Å². The maximum Gasteiger partial charge on any atom is 0.141 e. The first-order valence-electron chi connectivity index (χ1n) is 6.42. The summed E-state index contributed by atoms with van der Waals surface area (Å²) in [5.41, 5.74) is 7.04. The van der Waals surface area contributed by atoms with Crippen LogP contribution in [0.4, 0.5) is 0 Å². The van der Waals surface area contributed by atoms with E-state index >= 15 is 0 Å². The van der Waals surface area contributed by atoms with E-state index in [0.717, 1.165) is 24.2 Å². The maximum atomic E-state index is 6.16. The van der Waals surface area contributed by atoms with Gasteiger partial charge in [-0.2, -0.15) is 0 Å². The number of benzene rings is 1. The second kappa shape index (κ2) is 8.35. The van der Waals surface area contributed by atoms with Crippen LogP contribution in [0.5, 0.6) is 5.75 Å². The molecule has 1 rings (SSSR count). The van der Waals surface area contributed by atoms with Gasteiger partial charge in [0.1, 0.15) is 12.4 Å². The Balaban J connectivity index is 2.67. The van der Waals surface area contributed by atoms with Crippen LogP contribution in [0.3, 0.4) is 0 Å². The Morgan fingerprint density at radius 3 is 2.72 bits per heavy atom. The van der Waals surface area contributed by atoms with E-state index in [-0.39, 0.29) is 6.04 Å². The molecule has 0 aliphatic carbocycles. The van der Waals surface area contributed by atoms with Gasteiger partial charge in [-0.15, -0.1) is 0 Å². The highest BCUT2D eigenvalue weighted by Gasteiger charge is 2.11. The van der Waals surface area contributed by atoms with Gasteiger partial charge in [-0.25, -0.2) is 0 Å². The first kappa shape index (κ1) is 15.3. The van der Waals surface area contributed by atoms with Gasteiger partial charge in [0.15, 0.2) is 0 Å². The molecule has 1 atom stereocenters. The van der Waals surface area contributed by atoms with E-state index < -0.39 is 0 Å². The number of hydrogen-bond acceptors (Lipinski definition) is 3. The minimum Gasteiger partial charge on any atom is -0.489 e. The van der Waals surface area contributed by atoms with Crippen molar-refractivity contribution >= 4 is 11.6 Å². The van der Waals surface area contributed by atoms with Gasteiger partial charge >= 0.3 is 0 Å². The van der Waals surface area contributed by atoms with Crippen molar-refractivity contribution in [1.29, 1.82) is 0 Å². The monoisotopic (exact) mass is 271 g/mol. The van der Waals surface area contributed by atoms with Crippen LogP contribution in [0.1, 0.15) is 25.8 Å². The van der Waals surface area contributed by atoms with Crippen LogP contribution in [0.15, 0.2) is 18.2 Å². The Labute approximate surface area is 114 Å². The molecule has 0 aliphatic heterocycles. The Bertz CT molecular complexity index is 358. The molecule has 0 spiro atoms.